The number of halogens is 5. The lowest BCUT2D eigenvalue weighted by Gasteiger charge is -2.16. The van der Waals surface area contributed by atoms with Gasteiger partial charge in [-0.25, -0.2) is 4.39 Å². The molecule has 0 N–H and O–H groups in total. The third-order valence-electron chi connectivity index (χ3n) is 2.75. The number of methoxy groups -OCH3 is 1. The third-order valence-corrected chi connectivity index (χ3v) is 4.69. The number of hydrogen-bond acceptors (Lipinski definition) is 1. The van der Waals surface area contributed by atoms with Gasteiger partial charge in [0.25, 0.3) is 0 Å². The minimum Gasteiger partial charge on any atom is -0.495 e. The fourth-order valence-electron chi connectivity index (χ4n) is 1.83. The van der Waals surface area contributed by atoms with Crippen LogP contribution >= 0.6 is 55.1 Å². The highest BCUT2D eigenvalue weighted by atomic mass is 79.9. The molecule has 0 aliphatic heterocycles. The lowest BCUT2D eigenvalue weighted by Crippen LogP contribution is -1.99. The Kier molecular flexibility index (Phi) is 5.35. The molecule has 0 saturated heterocycles. The van der Waals surface area contributed by atoms with Gasteiger partial charge in [0.1, 0.15) is 11.6 Å². The Morgan fingerprint density at radius 3 is 2.45 bits per heavy atom. The van der Waals surface area contributed by atoms with Crippen LogP contribution in [0.2, 0.25) is 5.02 Å². The van der Waals surface area contributed by atoms with Crippen molar-refractivity contribution < 1.29 is 9.13 Å². The zero-order valence-electron chi connectivity index (χ0n) is 10.3. The average molecular weight is 443 g/mol. The van der Waals surface area contributed by atoms with Crippen molar-refractivity contribution in [3.63, 3.8) is 0 Å². The number of benzene rings is 2. The minimum absolute atomic E-state index is 0.367. The maximum absolute atomic E-state index is 13.6. The molecule has 0 aromatic heterocycles. The fourth-order valence-corrected chi connectivity index (χ4v) is 3.37. The second-order valence-corrected chi connectivity index (χ2v) is 6.63. The Morgan fingerprint density at radius 2 is 1.85 bits per heavy atom. The molecule has 2 aromatic carbocycles. The van der Waals surface area contributed by atoms with E-state index >= 15 is 0 Å². The molecular weight excluding hydrogens is 434 g/mol. The Morgan fingerprint density at radius 1 is 1.15 bits per heavy atom. The standard InChI is InChI=1S/C14H9Br2Cl2FO/c1-20-14-9(5-8(17)6-11(14)16)13(18)7-2-3-10(15)12(19)4-7/h2-6,13H,1H3. The number of ether oxygens (including phenoxy) is 1. The molecule has 2 aromatic rings. The van der Waals surface area contributed by atoms with Crippen molar-refractivity contribution in [3.05, 3.63) is 61.2 Å². The topological polar surface area (TPSA) is 9.23 Å². The molecule has 0 saturated carbocycles. The summed E-state index contributed by atoms with van der Waals surface area (Å²) >= 11 is 19.0. The van der Waals surface area contributed by atoms with Gasteiger partial charge in [0.05, 0.1) is 21.4 Å². The first kappa shape index (κ1) is 16.1. The molecule has 0 bridgehead atoms. The predicted octanol–water partition coefficient (Wildman–Crippen LogP) is 6.34. The molecule has 0 spiro atoms. The molecule has 2 rings (SSSR count). The second-order valence-electron chi connectivity index (χ2n) is 4.05. The minimum atomic E-state index is -0.567. The van der Waals surface area contributed by atoms with E-state index in [1.165, 1.54) is 6.07 Å². The highest BCUT2D eigenvalue weighted by Gasteiger charge is 2.19. The third kappa shape index (κ3) is 3.30. The molecule has 1 unspecified atom stereocenters. The van der Waals surface area contributed by atoms with Gasteiger partial charge in [-0.3, -0.25) is 0 Å². The van der Waals surface area contributed by atoms with Crippen molar-refractivity contribution in [2.24, 2.45) is 0 Å². The smallest absolute Gasteiger partial charge is 0.138 e. The molecule has 0 aliphatic rings. The molecule has 20 heavy (non-hydrogen) atoms. The first-order chi connectivity index (χ1) is 9.43. The first-order valence-electron chi connectivity index (χ1n) is 5.56. The van der Waals surface area contributed by atoms with Gasteiger partial charge >= 0.3 is 0 Å². The monoisotopic (exact) mass is 440 g/mol. The van der Waals surface area contributed by atoms with Crippen molar-refractivity contribution in [2.75, 3.05) is 7.11 Å². The molecule has 0 heterocycles. The maximum Gasteiger partial charge on any atom is 0.138 e. The summed E-state index contributed by atoms with van der Waals surface area (Å²) in [7, 11) is 1.54. The van der Waals surface area contributed by atoms with E-state index in [0.717, 1.165) is 0 Å². The van der Waals surface area contributed by atoms with E-state index in [-0.39, 0.29) is 5.82 Å². The molecule has 6 heteroatoms. The summed E-state index contributed by atoms with van der Waals surface area (Å²) in [6.07, 6.45) is 0. The lowest BCUT2D eigenvalue weighted by atomic mass is 10.0. The van der Waals surface area contributed by atoms with Crippen molar-refractivity contribution in [1.82, 2.24) is 0 Å². The van der Waals surface area contributed by atoms with Crippen LogP contribution in [0.1, 0.15) is 16.5 Å². The van der Waals surface area contributed by atoms with Crippen molar-refractivity contribution in [2.45, 2.75) is 5.38 Å². The van der Waals surface area contributed by atoms with E-state index in [1.54, 1.807) is 31.4 Å². The van der Waals surface area contributed by atoms with E-state index in [2.05, 4.69) is 31.9 Å². The van der Waals surface area contributed by atoms with E-state index in [0.29, 0.717) is 30.8 Å². The van der Waals surface area contributed by atoms with Gasteiger partial charge in [-0.05, 0) is 61.7 Å². The van der Waals surface area contributed by atoms with E-state index in [4.69, 9.17) is 27.9 Å². The first-order valence-corrected chi connectivity index (χ1v) is 7.96. The lowest BCUT2D eigenvalue weighted by molar-refractivity contribution is 0.407. The van der Waals surface area contributed by atoms with Gasteiger partial charge < -0.3 is 4.74 Å². The van der Waals surface area contributed by atoms with Gasteiger partial charge in [0.15, 0.2) is 0 Å². The molecule has 1 atom stereocenters. The molecule has 0 aliphatic carbocycles. The molecular formula is C14H9Br2Cl2FO. The quantitative estimate of drug-likeness (QED) is 0.504. The normalized spacial score (nSPS) is 12.3. The van der Waals surface area contributed by atoms with Gasteiger partial charge in [0, 0.05) is 10.6 Å². The van der Waals surface area contributed by atoms with Crippen molar-refractivity contribution in [3.8, 4) is 5.75 Å². The molecule has 0 fully saturated rings. The van der Waals surface area contributed by atoms with E-state index in [1.807, 2.05) is 0 Å². The summed E-state index contributed by atoms with van der Waals surface area (Å²) < 4.78 is 20.1. The summed E-state index contributed by atoms with van der Waals surface area (Å²) in [6.45, 7) is 0. The van der Waals surface area contributed by atoms with E-state index in [9.17, 15) is 4.39 Å². The maximum atomic E-state index is 13.6. The Bertz CT molecular complexity index is 649. The summed E-state index contributed by atoms with van der Waals surface area (Å²) in [6, 6.07) is 8.18. The highest BCUT2D eigenvalue weighted by Crippen LogP contribution is 2.41. The van der Waals surface area contributed by atoms with Crippen LogP contribution in [0.25, 0.3) is 0 Å². The molecule has 106 valence electrons. The van der Waals surface area contributed by atoms with Gasteiger partial charge in [-0.1, -0.05) is 17.7 Å². The fraction of sp³-hybridized carbons (Fsp3) is 0.143. The van der Waals surface area contributed by atoms with Crippen LogP contribution < -0.4 is 4.74 Å². The molecule has 0 amide bonds. The number of alkyl halides is 1. The van der Waals surface area contributed by atoms with Gasteiger partial charge in [-0.15, -0.1) is 11.6 Å². The zero-order chi connectivity index (χ0) is 14.9. The van der Waals surface area contributed by atoms with Crippen LogP contribution in [0.4, 0.5) is 4.39 Å². The summed E-state index contributed by atoms with van der Waals surface area (Å²) in [4.78, 5) is 0. The average Bonchev–Trinajstić information content (AvgIpc) is 2.40. The van der Waals surface area contributed by atoms with Gasteiger partial charge in [-0.2, -0.15) is 0 Å². The predicted molar refractivity (Wildman–Crippen MR) is 87.5 cm³/mol. The zero-order valence-corrected chi connectivity index (χ0v) is 14.9. The van der Waals surface area contributed by atoms with Crippen LogP contribution in [-0.2, 0) is 0 Å². The van der Waals surface area contributed by atoms with Gasteiger partial charge in [0.2, 0.25) is 0 Å². The second kappa shape index (κ2) is 6.65. The number of hydrogen-bond donors (Lipinski definition) is 0. The Balaban J connectivity index is 2.52. The van der Waals surface area contributed by atoms with Crippen LogP contribution in [-0.4, -0.2) is 7.11 Å². The highest BCUT2D eigenvalue weighted by molar-refractivity contribution is 9.10. The van der Waals surface area contributed by atoms with Crippen molar-refractivity contribution in [1.29, 1.82) is 0 Å². The summed E-state index contributed by atoms with van der Waals surface area (Å²) in [5, 5.41) is -0.0431. The summed E-state index contributed by atoms with van der Waals surface area (Å²) in [5.74, 6) is 0.214. The Labute approximate surface area is 143 Å². The van der Waals surface area contributed by atoms with Crippen LogP contribution in [0.15, 0.2) is 39.3 Å². The largest absolute Gasteiger partial charge is 0.495 e. The van der Waals surface area contributed by atoms with Crippen LogP contribution in [0.5, 0.6) is 5.75 Å². The molecule has 1 nitrogen and oxygen atoms in total. The SMILES string of the molecule is COc1c(Br)cc(Cl)cc1C(Cl)c1ccc(Br)c(F)c1. The van der Waals surface area contributed by atoms with Crippen molar-refractivity contribution >= 4 is 55.1 Å². The van der Waals surface area contributed by atoms with E-state index < -0.39 is 5.38 Å². The van der Waals surface area contributed by atoms with Crippen LogP contribution in [0, 0.1) is 5.82 Å². The summed E-state index contributed by atoms with van der Waals surface area (Å²) in [5.41, 5.74) is 1.30. The number of rotatable bonds is 3. The molecule has 0 radical (unpaired) electrons. The van der Waals surface area contributed by atoms with Crippen LogP contribution in [0.3, 0.4) is 0 Å². The Hall–Kier alpha value is -0.290.